The molecule has 3 N–H and O–H groups in total. The van der Waals surface area contributed by atoms with Crippen molar-refractivity contribution in [3.8, 4) is 0 Å². The van der Waals surface area contributed by atoms with Crippen molar-refractivity contribution in [2.75, 3.05) is 19.0 Å². The zero-order chi connectivity index (χ0) is 12.0. The lowest BCUT2D eigenvalue weighted by Crippen LogP contribution is -2.11. The van der Waals surface area contributed by atoms with Crippen molar-refractivity contribution >= 4 is 17.6 Å². The standard InChI is InChI=1S/C11H14N2O3/c1-16-10(14)6-7-13-9-4-2-8(3-5-9)11(12)15/h2-5,13H,6-7H2,1H3,(H2,12,15). The van der Waals surface area contributed by atoms with Crippen LogP contribution in [-0.2, 0) is 9.53 Å². The first-order valence-electron chi connectivity index (χ1n) is 4.84. The molecular formula is C11H14N2O3. The molecule has 1 amide bonds. The highest BCUT2D eigenvalue weighted by atomic mass is 16.5. The van der Waals surface area contributed by atoms with Crippen LogP contribution in [0.25, 0.3) is 0 Å². The number of nitrogens with two attached hydrogens (primary N) is 1. The Kier molecular flexibility index (Phi) is 4.32. The molecule has 0 aliphatic heterocycles. The van der Waals surface area contributed by atoms with Crippen LogP contribution in [0.5, 0.6) is 0 Å². The van der Waals surface area contributed by atoms with Gasteiger partial charge >= 0.3 is 5.97 Å². The molecule has 0 saturated carbocycles. The van der Waals surface area contributed by atoms with E-state index in [-0.39, 0.29) is 5.97 Å². The highest BCUT2D eigenvalue weighted by molar-refractivity contribution is 5.93. The molecule has 0 aliphatic rings. The van der Waals surface area contributed by atoms with Crippen LogP contribution >= 0.6 is 0 Å². The van der Waals surface area contributed by atoms with Gasteiger partial charge in [0.15, 0.2) is 0 Å². The number of primary amides is 1. The molecule has 86 valence electrons. The van der Waals surface area contributed by atoms with Gasteiger partial charge in [0.05, 0.1) is 13.5 Å². The van der Waals surface area contributed by atoms with Crippen molar-refractivity contribution in [1.29, 1.82) is 0 Å². The first-order valence-corrected chi connectivity index (χ1v) is 4.84. The maximum absolute atomic E-state index is 10.8. The monoisotopic (exact) mass is 222 g/mol. The van der Waals surface area contributed by atoms with Gasteiger partial charge in [-0.15, -0.1) is 0 Å². The molecule has 0 spiro atoms. The maximum Gasteiger partial charge on any atom is 0.307 e. The molecule has 0 unspecified atom stereocenters. The Morgan fingerprint density at radius 3 is 2.44 bits per heavy atom. The smallest absolute Gasteiger partial charge is 0.307 e. The molecule has 5 heteroatoms. The molecule has 0 aliphatic carbocycles. The van der Waals surface area contributed by atoms with E-state index >= 15 is 0 Å². The van der Waals surface area contributed by atoms with Crippen LogP contribution in [0.3, 0.4) is 0 Å². The highest BCUT2D eigenvalue weighted by Crippen LogP contribution is 2.08. The number of carbonyl (C=O) groups excluding carboxylic acids is 2. The van der Waals surface area contributed by atoms with E-state index < -0.39 is 5.91 Å². The van der Waals surface area contributed by atoms with Gasteiger partial charge in [0, 0.05) is 17.8 Å². The molecule has 0 atom stereocenters. The third-order valence-electron chi connectivity index (χ3n) is 2.06. The van der Waals surface area contributed by atoms with E-state index in [1.165, 1.54) is 7.11 Å². The Balaban J connectivity index is 2.43. The number of rotatable bonds is 5. The number of ether oxygens (including phenoxy) is 1. The van der Waals surface area contributed by atoms with Gasteiger partial charge in [-0.25, -0.2) is 0 Å². The predicted octanol–water partition coefficient (Wildman–Crippen LogP) is 0.760. The van der Waals surface area contributed by atoms with Crippen LogP contribution in [0.2, 0.25) is 0 Å². The molecule has 0 aromatic heterocycles. The summed E-state index contributed by atoms with van der Waals surface area (Å²) in [5.41, 5.74) is 6.39. The summed E-state index contributed by atoms with van der Waals surface area (Å²) in [5.74, 6) is -0.720. The number of anilines is 1. The molecule has 5 nitrogen and oxygen atoms in total. The van der Waals surface area contributed by atoms with Crippen LogP contribution in [0, 0.1) is 0 Å². The Morgan fingerprint density at radius 1 is 1.31 bits per heavy atom. The van der Waals surface area contributed by atoms with Crippen LogP contribution in [0.1, 0.15) is 16.8 Å². The van der Waals surface area contributed by atoms with Gasteiger partial charge in [0.2, 0.25) is 5.91 Å². The lowest BCUT2D eigenvalue weighted by atomic mass is 10.2. The molecule has 1 rings (SSSR count). The number of hydrogen-bond donors (Lipinski definition) is 2. The second kappa shape index (κ2) is 5.75. The molecular weight excluding hydrogens is 208 g/mol. The summed E-state index contributed by atoms with van der Waals surface area (Å²) in [7, 11) is 1.35. The summed E-state index contributed by atoms with van der Waals surface area (Å²) < 4.78 is 4.50. The fourth-order valence-corrected chi connectivity index (χ4v) is 1.16. The molecule has 0 heterocycles. The summed E-state index contributed by atoms with van der Waals surface area (Å²) in [5, 5.41) is 3.02. The summed E-state index contributed by atoms with van der Waals surface area (Å²) in [6, 6.07) is 6.72. The average Bonchev–Trinajstić information content (AvgIpc) is 2.29. The van der Waals surface area contributed by atoms with Gasteiger partial charge in [-0.05, 0) is 24.3 Å². The largest absolute Gasteiger partial charge is 0.469 e. The molecule has 0 fully saturated rings. The van der Waals surface area contributed by atoms with E-state index in [0.29, 0.717) is 18.5 Å². The third-order valence-corrected chi connectivity index (χ3v) is 2.06. The lowest BCUT2D eigenvalue weighted by molar-refractivity contribution is -0.140. The van der Waals surface area contributed by atoms with Crippen molar-refractivity contribution in [3.05, 3.63) is 29.8 Å². The minimum absolute atomic E-state index is 0.263. The Bertz CT molecular complexity index is 373. The fourth-order valence-electron chi connectivity index (χ4n) is 1.16. The minimum atomic E-state index is -0.457. The normalized spacial score (nSPS) is 9.56. The van der Waals surface area contributed by atoms with Gasteiger partial charge in [-0.2, -0.15) is 0 Å². The number of esters is 1. The van der Waals surface area contributed by atoms with E-state index in [0.717, 1.165) is 5.69 Å². The molecule has 1 aromatic rings. The van der Waals surface area contributed by atoms with Crippen molar-refractivity contribution in [1.82, 2.24) is 0 Å². The fraction of sp³-hybridized carbons (Fsp3) is 0.273. The van der Waals surface area contributed by atoms with Gasteiger partial charge in [0.25, 0.3) is 0 Å². The third kappa shape index (κ3) is 3.61. The van der Waals surface area contributed by atoms with Crippen LogP contribution < -0.4 is 11.1 Å². The van der Waals surface area contributed by atoms with Crippen molar-refractivity contribution in [2.45, 2.75) is 6.42 Å². The number of methoxy groups -OCH3 is 1. The summed E-state index contributed by atoms with van der Waals surface area (Å²) in [6.07, 6.45) is 0.300. The van der Waals surface area contributed by atoms with Crippen LogP contribution in [0.4, 0.5) is 5.69 Å². The summed E-state index contributed by atoms with van der Waals surface area (Å²) in [4.78, 5) is 21.6. The first kappa shape index (κ1) is 12.0. The van der Waals surface area contributed by atoms with Gasteiger partial charge in [0.1, 0.15) is 0 Å². The van der Waals surface area contributed by atoms with E-state index in [2.05, 4.69) is 10.1 Å². The molecule has 16 heavy (non-hydrogen) atoms. The van der Waals surface area contributed by atoms with Crippen molar-refractivity contribution in [2.24, 2.45) is 5.73 Å². The van der Waals surface area contributed by atoms with Crippen molar-refractivity contribution < 1.29 is 14.3 Å². The summed E-state index contributed by atoms with van der Waals surface area (Å²) in [6.45, 7) is 0.489. The zero-order valence-electron chi connectivity index (χ0n) is 9.03. The molecule has 0 bridgehead atoms. The Hall–Kier alpha value is -2.04. The SMILES string of the molecule is COC(=O)CCNc1ccc(C(N)=O)cc1. The van der Waals surface area contributed by atoms with E-state index in [1.54, 1.807) is 24.3 Å². The second-order valence-electron chi connectivity index (χ2n) is 3.19. The maximum atomic E-state index is 10.8. The minimum Gasteiger partial charge on any atom is -0.469 e. The Labute approximate surface area is 93.6 Å². The molecule has 0 saturated heterocycles. The number of amides is 1. The lowest BCUT2D eigenvalue weighted by Gasteiger charge is -2.05. The van der Waals surface area contributed by atoms with Gasteiger partial charge in [-0.3, -0.25) is 9.59 Å². The number of nitrogens with one attached hydrogen (secondary N) is 1. The second-order valence-corrected chi connectivity index (χ2v) is 3.19. The summed E-state index contributed by atoms with van der Waals surface area (Å²) >= 11 is 0. The number of benzene rings is 1. The van der Waals surface area contributed by atoms with Crippen molar-refractivity contribution in [3.63, 3.8) is 0 Å². The highest BCUT2D eigenvalue weighted by Gasteiger charge is 2.01. The number of carbonyl (C=O) groups is 2. The zero-order valence-corrected chi connectivity index (χ0v) is 9.03. The first-order chi connectivity index (χ1) is 7.63. The van der Waals surface area contributed by atoms with E-state index in [9.17, 15) is 9.59 Å². The van der Waals surface area contributed by atoms with Gasteiger partial charge < -0.3 is 15.8 Å². The number of hydrogen-bond acceptors (Lipinski definition) is 4. The molecule has 0 radical (unpaired) electrons. The van der Waals surface area contributed by atoms with Crippen LogP contribution in [-0.4, -0.2) is 25.5 Å². The Morgan fingerprint density at radius 2 is 1.94 bits per heavy atom. The van der Waals surface area contributed by atoms with Crippen LogP contribution in [0.15, 0.2) is 24.3 Å². The predicted molar refractivity (Wildman–Crippen MR) is 60.1 cm³/mol. The quantitative estimate of drug-likeness (QED) is 0.721. The average molecular weight is 222 g/mol. The molecule has 1 aromatic carbocycles. The van der Waals surface area contributed by atoms with E-state index in [4.69, 9.17) is 5.73 Å². The van der Waals surface area contributed by atoms with Gasteiger partial charge in [-0.1, -0.05) is 0 Å². The topological polar surface area (TPSA) is 81.4 Å². The van der Waals surface area contributed by atoms with E-state index in [1.807, 2.05) is 0 Å².